The second kappa shape index (κ2) is 5.66. The Morgan fingerprint density at radius 1 is 1.18 bits per heavy atom. The molecule has 0 saturated heterocycles. The average Bonchev–Trinajstić information content (AvgIpc) is 2.39. The number of nitrogens with zero attached hydrogens (tertiary/aromatic N) is 1. The van der Waals surface area contributed by atoms with Crippen molar-refractivity contribution in [3.8, 4) is 5.75 Å². The summed E-state index contributed by atoms with van der Waals surface area (Å²) in [6.07, 6.45) is 1.53. The van der Waals surface area contributed by atoms with Crippen molar-refractivity contribution in [2.45, 2.75) is 13.2 Å². The van der Waals surface area contributed by atoms with Crippen LogP contribution in [0.2, 0.25) is 5.15 Å². The number of ether oxygens (including phenoxy) is 1. The van der Waals surface area contributed by atoms with Gasteiger partial charge in [0.05, 0.1) is 6.61 Å². The van der Waals surface area contributed by atoms with Gasteiger partial charge in [-0.1, -0.05) is 41.9 Å². The number of aliphatic hydroxyl groups is 1. The molecular formula is C13H12ClNO2. The van der Waals surface area contributed by atoms with Crippen LogP contribution >= 0.6 is 11.6 Å². The topological polar surface area (TPSA) is 42.4 Å². The molecular weight excluding hydrogens is 238 g/mol. The van der Waals surface area contributed by atoms with Crippen LogP contribution in [0.4, 0.5) is 0 Å². The largest absolute Gasteiger partial charge is 0.486 e. The highest BCUT2D eigenvalue weighted by Gasteiger charge is 2.04. The van der Waals surface area contributed by atoms with E-state index in [1.807, 2.05) is 30.3 Å². The minimum atomic E-state index is -0.0775. The van der Waals surface area contributed by atoms with Crippen molar-refractivity contribution in [2.75, 3.05) is 0 Å². The van der Waals surface area contributed by atoms with E-state index in [2.05, 4.69) is 4.98 Å². The number of pyridine rings is 1. The SMILES string of the molecule is OCc1cnc(Cl)c(OCc2ccccc2)c1. The van der Waals surface area contributed by atoms with E-state index in [1.54, 1.807) is 6.07 Å². The Morgan fingerprint density at radius 2 is 1.94 bits per heavy atom. The molecule has 0 amide bonds. The zero-order valence-corrected chi connectivity index (χ0v) is 9.89. The van der Waals surface area contributed by atoms with Crippen LogP contribution in [0.3, 0.4) is 0 Å². The average molecular weight is 250 g/mol. The van der Waals surface area contributed by atoms with Crippen LogP contribution in [-0.2, 0) is 13.2 Å². The summed E-state index contributed by atoms with van der Waals surface area (Å²) in [5.74, 6) is 0.488. The molecule has 2 aromatic rings. The Hall–Kier alpha value is -1.58. The van der Waals surface area contributed by atoms with Crippen molar-refractivity contribution in [1.29, 1.82) is 0 Å². The molecule has 4 heteroatoms. The van der Waals surface area contributed by atoms with Crippen LogP contribution in [0.25, 0.3) is 0 Å². The van der Waals surface area contributed by atoms with Gasteiger partial charge in [-0.15, -0.1) is 0 Å². The smallest absolute Gasteiger partial charge is 0.171 e. The molecule has 1 heterocycles. The first-order valence-corrected chi connectivity index (χ1v) is 5.59. The maximum atomic E-state index is 9.00. The second-order valence-corrected chi connectivity index (χ2v) is 3.92. The van der Waals surface area contributed by atoms with Gasteiger partial charge in [0, 0.05) is 6.20 Å². The highest BCUT2D eigenvalue weighted by Crippen LogP contribution is 2.23. The molecule has 0 aliphatic rings. The monoisotopic (exact) mass is 249 g/mol. The minimum Gasteiger partial charge on any atom is -0.486 e. The number of benzene rings is 1. The Balaban J connectivity index is 2.08. The summed E-state index contributed by atoms with van der Waals surface area (Å²) in [7, 11) is 0. The Labute approximate surface area is 105 Å². The fourth-order valence-corrected chi connectivity index (χ4v) is 1.55. The number of aromatic nitrogens is 1. The molecule has 1 aromatic heterocycles. The van der Waals surface area contributed by atoms with E-state index >= 15 is 0 Å². The summed E-state index contributed by atoms with van der Waals surface area (Å²) < 4.78 is 5.56. The summed E-state index contributed by atoms with van der Waals surface area (Å²) >= 11 is 5.90. The van der Waals surface area contributed by atoms with Crippen molar-refractivity contribution < 1.29 is 9.84 Å². The molecule has 3 nitrogen and oxygen atoms in total. The molecule has 0 radical (unpaired) electrons. The van der Waals surface area contributed by atoms with E-state index in [-0.39, 0.29) is 6.61 Å². The minimum absolute atomic E-state index is 0.0775. The highest BCUT2D eigenvalue weighted by molar-refractivity contribution is 6.30. The van der Waals surface area contributed by atoms with Gasteiger partial charge >= 0.3 is 0 Å². The lowest BCUT2D eigenvalue weighted by Gasteiger charge is -2.08. The third-order valence-corrected chi connectivity index (χ3v) is 2.57. The zero-order valence-electron chi connectivity index (χ0n) is 9.14. The van der Waals surface area contributed by atoms with Crippen molar-refractivity contribution >= 4 is 11.6 Å². The van der Waals surface area contributed by atoms with Crippen molar-refractivity contribution in [1.82, 2.24) is 4.98 Å². The van der Waals surface area contributed by atoms with Crippen LogP contribution in [0.15, 0.2) is 42.6 Å². The predicted molar refractivity (Wildman–Crippen MR) is 65.9 cm³/mol. The predicted octanol–water partition coefficient (Wildman–Crippen LogP) is 2.81. The lowest BCUT2D eigenvalue weighted by molar-refractivity contribution is 0.277. The van der Waals surface area contributed by atoms with Gasteiger partial charge in [0.1, 0.15) is 6.61 Å². The van der Waals surface area contributed by atoms with Crippen LogP contribution in [0.1, 0.15) is 11.1 Å². The van der Waals surface area contributed by atoms with Gasteiger partial charge in [0.2, 0.25) is 0 Å². The molecule has 0 spiro atoms. The van der Waals surface area contributed by atoms with Gasteiger partial charge in [-0.25, -0.2) is 4.98 Å². The van der Waals surface area contributed by atoms with E-state index in [4.69, 9.17) is 21.4 Å². The summed E-state index contributed by atoms with van der Waals surface area (Å²) in [5.41, 5.74) is 1.73. The summed E-state index contributed by atoms with van der Waals surface area (Å²) in [4.78, 5) is 3.94. The number of hydrogen-bond acceptors (Lipinski definition) is 3. The number of rotatable bonds is 4. The molecule has 0 bridgehead atoms. The number of aliphatic hydroxyl groups excluding tert-OH is 1. The molecule has 17 heavy (non-hydrogen) atoms. The molecule has 2 rings (SSSR count). The molecule has 0 saturated carbocycles. The van der Waals surface area contributed by atoms with Crippen LogP contribution in [0, 0.1) is 0 Å². The van der Waals surface area contributed by atoms with Gasteiger partial charge in [-0.3, -0.25) is 0 Å². The summed E-state index contributed by atoms with van der Waals surface area (Å²) in [6.45, 7) is 0.350. The molecule has 1 N–H and O–H groups in total. The normalized spacial score (nSPS) is 10.2. The Morgan fingerprint density at radius 3 is 2.65 bits per heavy atom. The van der Waals surface area contributed by atoms with Crippen molar-refractivity contribution in [3.63, 3.8) is 0 Å². The third-order valence-electron chi connectivity index (χ3n) is 2.28. The van der Waals surface area contributed by atoms with Gasteiger partial charge in [-0.2, -0.15) is 0 Å². The zero-order chi connectivity index (χ0) is 12.1. The molecule has 0 aliphatic carbocycles. The van der Waals surface area contributed by atoms with Gasteiger partial charge < -0.3 is 9.84 Å². The van der Waals surface area contributed by atoms with Crippen LogP contribution in [-0.4, -0.2) is 10.1 Å². The maximum Gasteiger partial charge on any atom is 0.171 e. The standard InChI is InChI=1S/C13H12ClNO2/c14-13-12(6-11(8-16)7-15-13)17-9-10-4-2-1-3-5-10/h1-7,16H,8-9H2. The molecule has 0 unspecified atom stereocenters. The quantitative estimate of drug-likeness (QED) is 0.848. The van der Waals surface area contributed by atoms with E-state index in [0.29, 0.717) is 23.1 Å². The third kappa shape index (κ3) is 3.19. The highest BCUT2D eigenvalue weighted by atomic mass is 35.5. The van der Waals surface area contributed by atoms with Crippen LogP contribution < -0.4 is 4.74 Å². The molecule has 88 valence electrons. The Bertz CT molecular complexity index is 488. The van der Waals surface area contributed by atoms with E-state index in [0.717, 1.165) is 5.56 Å². The first-order valence-electron chi connectivity index (χ1n) is 5.21. The van der Waals surface area contributed by atoms with Crippen LogP contribution in [0.5, 0.6) is 5.75 Å². The first-order chi connectivity index (χ1) is 8.29. The molecule has 0 atom stereocenters. The van der Waals surface area contributed by atoms with E-state index in [9.17, 15) is 0 Å². The molecule has 1 aromatic carbocycles. The summed E-state index contributed by atoms with van der Waals surface area (Å²) in [5, 5.41) is 9.30. The maximum absolute atomic E-state index is 9.00. The van der Waals surface area contributed by atoms with E-state index < -0.39 is 0 Å². The van der Waals surface area contributed by atoms with E-state index in [1.165, 1.54) is 6.20 Å². The lowest BCUT2D eigenvalue weighted by Crippen LogP contribution is -1.97. The molecule has 0 fully saturated rings. The molecule has 0 aliphatic heterocycles. The fraction of sp³-hybridized carbons (Fsp3) is 0.154. The number of hydrogen-bond donors (Lipinski definition) is 1. The fourth-order valence-electron chi connectivity index (χ4n) is 1.39. The van der Waals surface area contributed by atoms with Crippen molar-refractivity contribution in [3.05, 3.63) is 58.9 Å². The summed E-state index contributed by atoms with van der Waals surface area (Å²) in [6, 6.07) is 11.5. The first kappa shape index (κ1) is 11.9. The Kier molecular flexibility index (Phi) is 3.96. The second-order valence-electron chi connectivity index (χ2n) is 3.56. The number of halogens is 1. The van der Waals surface area contributed by atoms with Gasteiger partial charge in [0.15, 0.2) is 10.9 Å². The van der Waals surface area contributed by atoms with Crippen molar-refractivity contribution in [2.24, 2.45) is 0 Å². The van der Waals surface area contributed by atoms with Gasteiger partial charge in [0.25, 0.3) is 0 Å². The van der Waals surface area contributed by atoms with Gasteiger partial charge in [-0.05, 0) is 17.2 Å². The lowest BCUT2D eigenvalue weighted by atomic mass is 10.2.